The van der Waals surface area contributed by atoms with Crippen LogP contribution in [0.3, 0.4) is 0 Å². The predicted octanol–water partition coefficient (Wildman–Crippen LogP) is 4.02. The number of hydrogen-bond acceptors (Lipinski definition) is 1. The summed E-state index contributed by atoms with van der Waals surface area (Å²) in [5.41, 5.74) is 1.43. The van der Waals surface area contributed by atoms with Gasteiger partial charge < -0.3 is 10.2 Å². The lowest BCUT2D eigenvalue weighted by atomic mass is 10.1. The van der Waals surface area contributed by atoms with Crippen molar-refractivity contribution in [3.05, 3.63) is 48.6 Å². The molecule has 0 aromatic heterocycles. The van der Waals surface area contributed by atoms with Crippen molar-refractivity contribution >= 4 is 29.9 Å². The molecule has 0 radical (unpaired) electrons. The molecule has 4 heteroatoms. The monoisotopic (exact) mass is 413 g/mol. The Bertz CT molecular complexity index is 472. The van der Waals surface area contributed by atoms with Gasteiger partial charge in [-0.05, 0) is 31.7 Å². The van der Waals surface area contributed by atoms with Gasteiger partial charge in [-0.3, -0.25) is 4.99 Å². The Morgan fingerprint density at radius 3 is 2.77 bits per heavy atom. The number of rotatable bonds is 7. The van der Waals surface area contributed by atoms with Gasteiger partial charge in [-0.1, -0.05) is 36.4 Å². The number of hydrogen-bond donors (Lipinski definition) is 1. The molecule has 0 aliphatic heterocycles. The maximum absolute atomic E-state index is 4.62. The molecule has 1 fully saturated rings. The molecule has 122 valence electrons. The van der Waals surface area contributed by atoms with E-state index in [4.69, 9.17) is 0 Å². The van der Waals surface area contributed by atoms with Crippen molar-refractivity contribution in [1.29, 1.82) is 0 Å². The van der Waals surface area contributed by atoms with Crippen molar-refractivity contribution in [3.8, 4) is 0 Å². The first-order chi connectivity index (χ1) is 10.3. The van der Waals surface area contributed by atoms with E-state index in [9.17, 15) is 0 Å². The maximum Gasteiger partial charge on any atom is 0.193 e. The summed E-state index contributed by atoms with van der Waals surface area (Å²) in [6.07, 6.45) is 5.36. The van der Waals surface area contributed by atoms with Crippen LogP contribution in [0, 0.1) is 0 Å². The van der Waals surface area contributed by atoms with E-state index in [1.807, 2.05) is 6.08 Å². The van der Waals surface area contributed by atoms with E-state index in [-0.39, 0.29) is 24.0 Å². The summed E-state index contributed by atoms with van der Waals surface area (Å²) in [6, 6.07) is 11.3. The second-order valence-electron chi connectivity index (χ2n) is 5.65. The molecule has 1 N–H and O–H groups in total. The molecule has 2 atom stereocenters. The zero-order valence-electron chi connectivity index (χ0n) is 13.7. The first-order valence-electron chi connectivity index (χ1n) is 7.94. The Morgan fingerprint density at radius 2 is 2.14 bits per heavy atom. The Balaban J connectivity index is 0.00000242. The highest BCUT2D eigenvalue weighted by Gasteiger charge is 2.39. The van der Waals surface area contributed by atoms with Gasteiger partial charge in [0.15, 0.2) is 5.96 Å². The zero-order valence-corrected chi connectivity index (χ0v) is 16.0. The smallest absolute Gasteiger partial charge is 0.193 e. The molecule has 1 aliphatic rings. The van der Waals surface area contributed by atoms with E-state index in [0.717, 1.165) is 31.9 Å². The van der Waals surface area contributed by atoms with Gasteiger partial charge >= 0.3 is 0 Å². The highest BCUT2D eigenvalue weighted by Crippen LogP contribution is 2.40. The fraction of sp³-hybridized carbons (Fsp3) is 0.500. The highest BCUT2D eigenvalue weighted by atomic mass is 127. The Kier molecular flexibility index (Phi) is 8.53. The van der Waals surface area contributed by atoms with Gasteiger partial charge in [-0.2, -0.15) is 0 Å². The average Bonchev–Trinajstić information content (AvgIpc) is 3.27. The van der Waals surface area contributed by atoms with Gasteiger partial charge in [0.05, 0.1) is 0 Å². The molecule has 0 saturated heterocycles. The van der Waals surface area contributed by atoms with Gasteiger partial charge in [0.1, 0.15) is 0 Å². The summed E-state index contributed by atoms with van der Waals surface area (Å²) in [4.78, 5) is 6.85. The molecule has 3 nitrogen and oxygen atoms in total. The number of guanidine groups is 1. The van der Waals surface area contributed by atoms with E-state index in [1.165, 1.54) is 12.0 Å². The molecule has 2 rings (SSSR count). The van der Waals surface area contributed by atoms with Crippen molar-refractivity contribution in [2.75, 3.05) is 20.1 Å². The number of nitrogens with zero attached hydrogens (tertiary/aromatic N) is 2. The molecule has 1 aliphatic carbocycles. The van der Waals surface area contributed by atoms with Gasteiger partial charge in [-0.15, -0.1) is 30.6 Å². The molecule has 1 saturated carbocycles. The normalized spacial score (nSPS) is 20.0. The highest BCUT2D eigenvalue weighted by molar-refractivity contribution is 14.0. The maximum atomic E-state index is 4.62. The third-order valence-electron chi connectivity index (χ3n) is 3.90. The number of halogens is 1. The van der Waals surface area contributed by atoms with Crippen molar-refractivity contribution in [3.63, 3.8) is 0 Å². The topological polar surface area (TPSA) is 27.6 Å². The Labute approximate surface area is 151 Å². The van der Waals surface area contributed by atoms with Crippen molar-refractivity contribution in [1.82, 2.24) is 10.2 Å². The fourth-order valence-corrected chi connectivity index (χ4v) is 2.59. The number of allylic oxidation sites excluding steroid dienone is 1. The summed E-state index contributed by atoms with van der Waals surface area (Å²) in [6.45, 7) is 7.69. The van der Waals surface area contributed by atoms with E-state index >= 15 is 0 Å². The summed E-state index contributed by atoms with van der Waals surface area (Å²) in [7, 11) is 2.12. The quantitative estimate of drug-likeness (QED) is 0.240. The molecular formula is C18H28IN3. The average molecular weight is 413 g/mol. The molecule has 0 bridgehead atoms. The summed E-state index contributed by atoms with van der Waals surface area (Å²) >= 11 is 0. The zero-order chi connectivity index (χ0) is 15.1. The van der Waals surface area contributed by atoms with E-state index in [2.05, 4.69) is 66.1 Å². The number of unbranched alkanes of at least 4 members (excludes halogenated alkanes) is 1. The van der Waals surface area contributed by atoms with Gasteiger partial charge in [0, 0.05) is 32.1 Å². The van der Waals surface area contributed by atoms with Crippen LogP contribution < -0.4 is 5.32 Å². The first kappa shape index (κ1) is 19.0. The van der Waals surface area contributed by atoms with Crippen LogP contribution in [0.5, 0.6) is 0 Å². The third kappa shape index (κ3) is 5.63. The third-order valence-corrected chi connectivity index (χ3v) is 3.90. The first-order valence-corrected chi connectivity index (χ1v) is 7.94. The van der Waals surface area contributed by atoms with Crippen LogP contribution in [0.2, 0.25) is 0 Å². The predicted molar refractivity (Wildman–Crippen MR) is 106 cm³/mol. The number of aliphatic imine (C=N–C) groups is 1. The van der Waals surface area contributed by atoms with Gasteiger partial charge in [0.25, 0.3) is 0 Å². The number of benzene rings is 1. The molecule has 0 amide bonds. The summed E-state index contributed by atoms with van der Waals surface area (Å²) < 4.78 is 0. The summed E-state index contributed by atoms with van der Waals surface area (Å²) in [5.74, 6) is 1.67. The molecule has 2 unspecified atom stereocenters. The van der Waals surface area contributed by atoms with Crippen LogP contribution >= 0.6 is 24.0 Å². The van der Waals surface area contributed by atoms with Crippen molar-refractivity contribution in [2.24, 2.45) is 4.99 Å². The van der Waals surface area contributed by atoms with Crippen LogP contribution in [0.1, 0.15) is 37.7 Å². The Morgan fingerprint density at radius 1 is 1.41 bits per heavy atom. The van der Waals surface area contributed by atoms with E-state index in [0.29, 0.717) is 12.0 Å². The van der Waals surface area contributed by atoms with Gasteiger partial charge in [-0.25, -0.2) is 0 Å². The SMILES string of the molecule is C=CCCCN(C)C(=NCC)NC1CC1c1ccccc1.I. The van der Waals surface area contributed by atoms with Crippen LogP contribution in [0.15, 0.2) is 48.0 Å². The molecule has 1 aromatic carbocycles. The Hall–Kier alpha value is -1.04. The van der Waals surface area contributed by atoms with Crippen molar-refractivity contribution in [2.45, 2.75) is 38.1 Å². The van der Waals surface area contributed by atoms with E-state index in [1.54, 1.807) is 0 Å². The van der Waals surface area contributed by atoms with Crippen molar-refractivity contribution < 1.29 is 0 Å². The van der Waals surface area contributed by atoms with Crippen LogP contribution in [-0.2, 0) is 0 Å². The second-order valence-corrected chi connectivity index (χ2v) is 5.65. The lowest BCUT2D eigenvalue weighted by Gasteiger charge is -2.22. The van der Waals surface area contributed by atoms with E-state index < -0.39 is 0 Å². The van der Waals surface area contributed by atoms with Gasteiger partial charge in [0.2, 0.25) is 0 Å². The molecule has 0 spiro atoms. The largest absolute Gasteiger partial charge is 0.353 e. The minimum absolute atomic E-state index is 0. The summed E-state index contributed by atoms with van der Waals surface area (Å²) in [5, 5.41) is 3.62. The van der Waals surface area contributed by atoms with Crippen LogP contribution in [-0.4, -0.2) is 37.0 Å². The number of nitrogens with one attached hydrogen (secondary N) is 1. The fourth-order valence-electron chi connectivity index (χ4n) is 2.59. The van der Waals surface area contributed by atoms with Crippen LogP contribution in [0.4, 0.5) is 0 Å². The second kappa shape index (κ2) is 9.87. The van der Waals surface area contributed by atoms with Crippen LogP contribution in [0.25, 0.3) is 0 Å². The molecule has 22 heavy (non-hydrogen) atoms. The lowest BCUT2D eigenvalue weighted by Crippen LogP contribution is -2.41. The minimum Gasteiger partial charge on any atom is -0.353 e. The molecule has 0 heterocycles. The minimum atomic E-state index is 0. The standard InChI is InChI=1S/C18H27N3.HI/c1-4-6-10-13-21(3)18(19-5-2)20-17-14-16(17)15-11-8-7-9-12-15;/h4,7-9,11-12,16-17H,1,5-6,10,13-14H2,2-3H3,(H,19,20);1H. The molecule has 1 aromatic rings. The molecular weight excluding hydrogens is 385 g/mol. The lowest BCUT2D eigenvalue weighted by molar-refractivity contribution is 0.467.